The lowest BCUT2D eigenvalue weighted by atomic mass is 9.33. The zero-order valence-electron chi connectivity index (χ0n) is 43.0. The summed E-state index contributed by atoms with van der Waals surface area (Å²) in [5.41, 5.74) is 21.7. The first kappa shape index (κ1) is 45.0. The molecular formula is C67H63BN2Si. The second kappa shape index (κ2) is 16.2. The SMILES string of the molecule is Cc1cc2c3c(c1)N(c1ccc(C(C)(C)C)cc1-c1ccccc1)c1ccc(C(C)(C)C)cc1B3c1cc3c(cc1N2c1ccc(C(C)(C)C)cc1)[Si](c1ccccc1)(c1ccccc1)c1ccccc1-3. The molecule has 0 spiro atoms. The number of hydrogen-bond acceptors (Lipinski definition) is 2. The van der Waals surface area contributed by atoms with Crippen molar-refractivity contribution in [3.05, 3.63) is 222 Å². The average Bonchev–Trinajstić information content (AvgIpc) is 3.65. The molecule has 2 nitrogen and oxygen atoms in total. The summed E-state index contributed by atoms with van der Waals surface area (Å²) in [6.07, 6.45) is 0. The molecule has 0 radical (unpaired) electrons. The Morgan fingerprint density at radius 1 is 0.366 bits per heavy atom. The van der Waals surface area contributed by atoms with Crippen molar-refractivity contribution in [3.8, 4) is 22.3 Å². The number of rotatable bonds is 5. The van der Waals surface area contributed by atoms with Crippen LogP contribution in [0.3, 0.4) is 0 Å². The molecule has 0 saturated heterocycles. The average molecular weight is 935 g/mol. The molecule has 0 N–H and O–H groups in total. The molecule has 9 aromatic carbocycles. The molecule has 0 atom stereocenters. The quantitative estimate of drug-likeness (QED) is 0.159. The Kier molecular flexibility index (Phi) is 10.3. The molecule has 0 amide bonds. The minimum atomic E-state index is -2.83. The molecule has 71 heavy (non-hydrogen) atoms. The van der Waals surface area contributed by atoms with Gasteiger partial charge in [0.2, 0.25) is 0 Å². The second-order valence-corrected chi connectivity index (χ2v) is 27.2. The van der Waals surface area contributed by atoms with Gasteiger partial charge < -0.3 is 9.80 Å². The molecule has 348 valence electrons. The summed E-state index contributed by atoms with van der Waals surface area (Å²) in [6.45, 7) is 23.2. The maximum Gasteiger partial charge on any atom is 0.252 e. The van der Waals surface area contributed by atoms with E-state index in [1.165, 1.54) is 116 Å². The van der Waals surface area contributed by atoms with E-state index in [2.05, 4.69) is 279 Å². The fourth-order valence-corrected chi connectivity index (χ4v) is 17.4. The van der Waals surface area contributed by atoms with Crippen LogP contribution in [-0.4, -0.2) is 14.8 Å². The summed E-state index contributed by atoms with van der Waals surface area (Å²) >= 11 is 0. The van der Waals surface area contributed by atoms with Gasteiger partial charge in [0, 0.05) is 34.0 Å². The first-order valence-corrected chi connectivity index (χ1v) is 27.6. The molecule has 9 aromatic rings. The lowest BCUT2D eigenvalue weighted by Gasteiger charge is -2.45. The van der Waals surface area contributed by atoms with Crippen LogP contribution in [0.4, 0.5) is 34.1 Å². The van der Waals surface area contributed by atoms with Crippen LogP contribution < -0.4 is 46.9 Å². The summed E-state index contributed by atoms with van der Waals surface area (Å²) < 4.78 is 0. The maximum absolute atomic E-state index is 2.83. The third-order valence-electron chi connectivity index (χ3n) is 15.8. The zero-order valence-corrected chi connectivity index (χ0v) is 44.0. The Morgan fingerprint density at radius 3 is 1.48 bits per heavy atom. The molecule has 3 heterocycles. The van der Waals surface area contributed by atoms with Gasteiger partial charge in [0.1, 0.15) is 0 Å². The number of benzene rings is 9. The molecule has 12 rings (SSSR count). The van der Waals surface area contributed by atoms with Crippen LogP contribution in [0.1, 0.15) is 84.6 Å². The van der Waals surface area contributed by atoms with Crippen molar-refractivity contribution in [2.75, 3.05) is 9.80 Å². The third-order valence-corrected chi connectivity index (χ3v) is 20.7. The van der Waals surface area contributed by atoms with Crippen molar-refractivity contribution >= 4 is 86.0 Å². The standard InChI is InChI=1S/C67H63BN2Si/c1-44-38-60-64-61(39-44)70(57-36-32-47(66(5,6)7)40-53(57)45-22-14-11-15-23-45)58-37-33-48(67(8,9)10)41-55(58)68(64)56-42-54-52-28-20-21-29-62(52)71(50-24-16-12-17-25-50,51-26-18-13-19-27-51)63(54)43-59(56)69(60)49-34-30-46(31-35-49)65(2,3)4/h11-43H,1-10H3. The molecule has 0 aromatic heterocycles. The summed E-state index contributed by atoms with van der Waals surface area (Å²) in [7, 11) is -2.83. The van der Waals surface area contributed by atoms with Crippen LogP contribution in [0, 0.1) is 6.92 Å². The predicted octanol–water partition coefficient (Wildman–Crippen LogP) is 13.0. The molecule has 0 saturated carbocycles. The number of aryl methyl sites for hydroxylation is 1. The van der Waals surface area contributed by atoms with Gasteiger partial charge in [0.05, 0.1) is 5.69 Å². The van der Waals surface area contributed by atoms with Crippen molar-refractivity contribution in [3.63, 3.8) is 0 Å². The highest BCUT2D eigenvalue weighted by Crippen LogP contribution is 2.49. The van der Waals surface area contributed by atoms with Crippen LogP contribution >= 0.6 is 0 Å². The number of anilines is 6. The van der Waals surface area contributed by atoms with E-state index in [-0.39, 0.29) is 23.0 Å². The van der Waals surface area contributed by atoms with Crippen molar-refractivity contribution in [2.45, 2.75) is 85.5 Å². The lowest BCUT2D eigenvalue weighted by molar-refractivity contribution is 0.590. The Bertz CT molecular complexity index is 3500. The van der Waals surface area contributed by atoms with Gasteiger partial charge in [0.15, 0.2) is 8.07 Å². The molecular weight excluding hydrogens is 872 g/mol. The first-order valence-electron chi connectivity index (χ1n) is 25.6. The van der Waals surface area contributed by atoms with E-state index in [0.29, 0.717) is 0 Å². The molecule has 0 fully saturated rings. The van der Waals surface area contributed by atoms with Gasteiger partial charge in [0.25, 0.3) is 6.71 Å². The molecule has 3 aliphatic heterocycles. The van der Waals surface area contributed by atoms with Crippen LogP contribution in [0.2, 0.25) is 0 Å². The maximum atomic E-state index is 2.66. The third kappa shape index (κ3) is 7.04. The van der Waals surface area contributed by atoms with Gasteiger partial charge >= 0.3 is 0 Å². The van der Waals surface area contributed by atoms with E-state index in [1.54, 1.807) is 0 Å². The van der Waals surface area contributed by atoms with E-state index < -0.39 is 8.07 Å². The number of hydrogen-bond donors (Lipinski definition) is 0. The van der Waals surface area contributed by atoms with Gasteiger partial charge in [-0.2, -0.15) is 0 Å². The Morgan fingerprint density at radius 2 is 0.873 bits per heavy atom. The topological polar surface area (TPSA) is 6.48 Å². The number of fused-ring (bicyclic) bond motifs is 7. The van der Waals surface area contributed by atoms with Gasteiger partial charge in [-0.05, 0) is 148 Å². The minimum Gasteiger partial charge on any atom is -0.311 e. The Labute approximate surface area is 423 Å². The Balaban J connectivity index is 1.22. The van der Waals surface area contributed by atoms with Crippen molar-refractivity contribution in [1.82, 2.24) is 0 Å². The van der Waals surface area contributed by atoms with E-state index in [0.717, 1.165) is 0 Å². The number of nitrogens with zero attached hydrogens (tertiary/aromatic N) is 2. The summed E-state index contributed by atoms with van der Waals surface area (Å²) in [4.78, 5) is 5.26. The normalized spacial score (nSPS) is 14.4. The largest absolute Gasteiger partial charge is 0.311 e. The van der Waals surface area contributed by atoms with Crippen molar-refractivity contribution in [2.24, 2.45) is 0 Å². The van der Waals surface area contributed by atoms with Crippen LogP contribution in [0.25, 0.3) is 22.3 Å². The van der Waals surface area contributed by atoms with Crippen LogP contribution in [0.5, 0.6) is 0 Å². The van der Waals surface area contributed by atoms with Gasteiger partial charge in [-0.15, -0.1) is 0 Å². The van der Waals surface area contributed by atoms with Crippen molar-refractivity contribution < 1.29 is 0 Å². The molecule has 4 heteroatoms. The van der Waals surface area contributed by atoms with Crippen LogP contribution in [0.15, 0.2) is 200 Å². The van der Waals surface area contributed by atoms with E-state index in [9.17, 15) is 0 Å². The van der Waals surface area contributed by atoms with E-state index >= 15 is 0 Å². The van der Waals surface area contributed by atoms with Crippen molar-refractivity contribution in [1.29, 1.82) is 0 Å². The molecule has 0 unspecified atom stereocenters. The smallest absolute Gasteiger partial charge is 0.252 e. The van der Waals surface area contributed by atoms with E-state index in [4.69, 9.17) is 0 Å². The minimum absolute atomic E-state index is 0.0169. The summed E-state index contributed by atoms with van der Waals surface area (Å²) in [5.74, 6) is 0. The zero-order chi connectivity index (χ0) is 49.2. The van der Waals surface area contributed by atoms with Gasteiger partial charge in [-0.3, -0.25) is 0 Å². The highest BCUT2D eigenvalue weighted by molar-refractivity contribution is 7.22. The van der Waals surface area contributed by atoms with Gasteiger partial charge in [-0.25, -0.2) is 0 Å². The molecule has 0 bridgehead atoms. The Hall–Kier alpha value is -7.14. The fraction of sp³-hybridized carbons (Fsp3) is 0.194. The highest BCUT2D eigenvalue weighted by atomic mass is 28.3. The second-order valence-electron chi connectivity index (χ2n) is 23.5. The predicted molar refractivity (Wildman–Crippen MR) is 309 cm³/mol. The fourth-order valence-electron chi connectivity index (χ4n) is 12.2. The first-order chi connectivity index (χ1) is 34.0. The molecule has 3 aliphatic rings. The summed E-state index contributed by atoms with van der Waals surface area (Å²) in [5, 5.41) is 5.73. The van der Waals surface area contributed by atoms with Crippen LogP contribution in [-0.2, 0) is 16.2 Å². The summed E-state index contributed by atoms with van der Waals surface area (Å²) in [6, 6.07) is 77.7. The lowest BCUT2D eigenvalue weighted by Crippen LogP contribution is -2.73. The van der Waals surface area contributed by atoms with E-state index in [1.807, 2.05) is 0 Å². The monoisotopic (exact) mass is 934 g/mol. The molecule has 0 aliphatic carbocycles. The highest BCUT2D eigenvalue weighted by Gasteiger charge is 2.51. The van der Waals surface area contributed by atoms with Gasteiger partial charge in [-0.1, -0.05) is 214 Å².